The normalized spacial score (nSPS) is 12.5. The fourth-order valence-electron chi connectivity index (χ4n) is 9.63. The zero-order valence-corrected chi connectivity index (χ0v) is 28.5. The highest BCUT2D eigenvalue weighted by molar-refractivity contribution is 6.34. The molecule has 0 fully saturated rings. The van der Waals surface area contributed by atoms with Crippen LogP contribution in [0.15, 0.2) is 174 Å². The van der Waals surface area contributed by atoms with Crippen LogP contribution >= 0.6 is 0 Å². The van der Waals surface area contributed by atoms with Crippen molar-refractivity contribution in [1.82, 2.24) is 9.13 Å². The molecule has 0 N–H and O–H groups in total. The molecule has 0 radical (unpaired) electrons. The lowest BCUT2D eigenvalue weighted by molar-refractivity contribution is 0.673. The average molecular weight is 673 g/mol. The van der Waals surface area contributed by atoms with E-state index in [1.165, 1.54) is 76.7 Å². The molecule has 0 bridgehead atoms. The molecule has 3 aromatic heterocycles. The molecule has 9 aromatic carbocycles. The molecule has 0 saturated heterocycles. The predicted molar refractivity (Wildman–Crippen MR) is 222 cm³/mol. The number of nitrogens with zero attached hydrogens (tertiary/aromatic N) is 2. The first kappa shape index (κ1) is 27.6. The van der Waals surface area contributed by atoms with Crippen LogP contribution in [0.4, 0.5) is 0 Å². The van der Waals surface area contributed by atoms with Gasteiger partial charge >= 0.3 is 0 Å². The smallest absolute Gasteiger partial charge is 0.145 e. The zero-order chi connectivity index (χ0) is 34.4. The molecule has 3 nitrogen and oxygen atoms in total. The van der Waals surface area contributed by atoms with Gasteiger partial charge < -0.3 is 13.6 Å². The van der Waals surface area contributed by atoms with Crippen molar-refractivity contribution in [2.75, 3.05) is 0 Å². The minimum absolute atomic E-state index is 0.907. The van der Waals surface area contributed by atoms with E-state index in [4.69, 9.17) is 4.42 Å². The summed E-state index contributed by atoms with van der Waals surface area (Å²) < 4.78 is 11.8. The fourth-order valence-corrected chi connectivity index (χ4v) is 9.63. The second kappa shape index (κ2) is 9.81. The molecule has 0 aliphatic heterocycles. The minimum Gasteiger partial charge on any atom is -0.455 e. The number of fused-ring (bicyclic) bond motifs is 15. The zero-order valence-electron chi connectivity index (χ0n) is 28.5. The Hall–Kier alpha value is -7.10. The van der Waals surface area contributed by atoms with E-state index in [0.717, 1.165) is 44.0 Å². The maximum absolute atomic E-state index is 6.84. The van der Waals surface area contributed by atoms with Gasteiger partial charge in [0, 0.05) is 38.3 Å². The van der Waals surface area contributed by atoms with E-state index in [1.807, 2.05) is 0 Å². The second-order valence-electron chi connectivity index (χ2n) is 14.5. The van der Waals surface area contributed by atoms with Crippen LogP contribution in [-0.4, -0.2) is 9.13 Å². The molecule has 0 spiro atoms. The number of furan rings is 1. The first-order valence-electron chi connectivity index (χ1n) is 18.3. The Labute approximate surface area is 303 Å². The Morgan fingerprint density at radius 2 is 0.962 bits per heavy atom. The molecular formula is C50H28N2O. The summed E-state index contributed by atoms with van der Waals surface area (Å²) in [6.45, 7) is 0. The molecule has 12 aromatic rings. The Bertz CT molecular complexity index is 3570. The minimum atomic E-state index is 0.907. The summed E-state index contributed by atoms with van der Waals surface area (Å²) in [5.41, 5.74) is 14.0. The van der Waals surface area contributed by atoms with Crippen LogP contribution in [0.2, 0.25) is 0 Å². The lowest BCUT2D eigenvalue weighted by Gasteiger charge is -2.12. The second-order valence-corrected chi connectivity index (χ2v) is 14.5. The molecule has 1 aliphatic rings. The molecule has 3 heterocycles. The van der Waals surface area contributed by atoms with Gasteiger partial charge in [-0.2, -0.15) is 0 Å². The van der Waals surface area contributed by atoms with Gasteiger partial charge in [0.05, 0.1) is 27.5 Å². The van der Waals surface area contributed by atoms with E-state index in [1.54, 1.807) is 0 Å². The highest BCUT2D eigenvalue weighted by atomic mass is 16.3. The summed E-state index contributed by atoms with van der Waals surface area (Å²) in [4.78, 5) is 0. The molecule has 0 amide bonds. The summed E-state index contributed by atoms with van der Waals surface area (Å²) >= 11 is 0. The SMILES string of the molecule is c1ccc2c(c1)-c1cccc3cc(-n4c5ccccc5c5c6c7c8oc9ccccc9c8ccc7n(-c7ccc8ccccc8c7)c6ccc54)cc-2c13. The topological polar surface area (TPSA) is 23.0 Å². The Kier molecular flexibility index (Phi) is 5.11. The number of hydrogen-bond acceptors (Lipinski definition) is 1. The van der Waals surface area contributed by atoms with Crippen molar-refractivity contribution in [2.45, 2.75) is 0 Å². The number of hydrogen-bond donors (Lipinski definition) is 0. The summed E-state index contributed by atoms with van der Waals surface area (Å²) in [5.74, 6) is 0. The van der Waals surface area contributed by atoms with Crippen LogP contribution in [0.3, 0.4) is 0 Å². The lowest BCUT2D eigenvalue weighted by atomic mass is 10.0. The summed E-state index contributed by atoms with van der Waals surface area (Å²) in [6.07, 6.45) is 0. The van der Waals surface area contributed by atoms with Crippen LogP contribution in [0.5, 0.6) is 0 Å². The van der Waals surface area contributed by atoms with Crippen molar-refractivity contribution in [3.63, 3.8) is 0 Å². The third-order valence-electron chi connectivity index (χ3n) is 11.8. The molecule has 53 heavy (non-hydrogen) atoms. The van der Waals surface area contributed by atoms with Crippen molar-refractivity contribution in [3.8, 4) is 33.6 Å². The number of para-hydroxylation sites is 2. The van der Waals surface area contributed by atoms with Crippen LogP contribution in [-0.2, 0) is 0 Å². The van der Waals surface area contributed by atoms with Gasteiger partial charge in [-0.05, 0) is 104 Å². The van der Waals surface area contributed by atoms with E-state index >= 15 is 0 Å². The van der Waals surface area contributed by atoms with Gasteiger partial charge in [-0.15, -0.1) is 0 Å². The van der Waals surface area contributed by atoms with Gasteiger partial charge in [0.1, 0.15) is 11.2 Å². The molecule has 3 heteroatoms. The molecule has 0 unspecified atom stereocenters. The van der Waals surface area contributed by atoms with E-state index in [2.05, 4.69) is 179 Å². The first-order valence-corrected chi connectivity index (χ1v) is 18.3. The van der Waals surface area contributed by atoms with E-state index in [0.29, 0.717) is 0 Å². The Morgan fingerprint density at radius 3 is 1.87 bits per heavy atom. The van der Waals surface area contributed by atoms with Crippen LogP contribution < -0.4 is 0 Å². The Balaban J connectivity index is 1.21. The summed E-state index contributed by atoms with van der Waals surface area (Å²) in [5, 5.41) is 12.1. The van der Waals surface area contributed by atoms with Gasteiger partial charge in [0.15, 0.2) is 0 Å². The van der Waals surface area contributed by atoms with E-state index in [-0.39, 0.29) is 0 Å². The molecule has 1 aliphatic carbocycles. The first-order chi connectivity index (χ1) is 26.3. The largest absolute Gasteiger partial charge is 0.455 e. The maximum Gasteiger partial charge on any atom is 0.145 e. The predicted octanol–water partition coefficient (Wildman–Crippen LogP) is 13.7. The lowest BCUT2D eigenvalue weighted by Crippen LogP contribution is -1.95. The molecule has 13 rings (SSSR count). The van der Waals surface area contributed by atoms with E-state index < -0.39 is 0 Å². The third kappa shape index (κ3) is 3.49. The molecule has 0 atom stereocenters. The molecule has 0 saturated carbocycles. The van der Waals surface area contributed by atoms with Crippen molar-refractivity contribution >= 4 is 87.1 Å². The highest BCUT2D eigenvalue weighted by Gasteiger charge is 2.26. The monoisotopic (exact) mass is 672 g/mol. The van der Waals surface area contributed by atoms with Gasteiger partial charge in [0.2, 0.25) is 0 Å². The maximum atomic E-state index is 6.84. The Morgan fingerprint density at radius 1 is 0.321 bits per heavy atom. The van der Waals surface area contributed by atoms with Crippen molar-refractivity contribution in [3.05, 3.63) is 170 Å². The van der Waals surface area contributed by atoms with Gasteiger partial charge in [0.25, 0.3) is 0 Å². The fraction of sp³-hybridized carbons (Fsp3) is 0. The number of rotatable bonds is 2. The van der Waals surface area contributed by atoms with Crippen molar-refractivity contribution in [2.24, 2.45) is 0 Å². The van der Waals surface area contributed by atoms with Crippen LogP contribution in [0.25, 0.3) is 121 Å². The van der Waals surface area contributed by atoms with Crippen molar-refractivity contribution < 1.29 is 4.42 Å². The molecule has 244 valence electrons. The van der Waals surface area contributed by atoms with Gasteiger partial charge in [-0.1, -0.05) is 109 Å². The number of aromatic nitrogens is 2. The standard InChI is InChI=1S/C50H28N2O/c1-2-11-30-26-32(21-20-29(30)10-1)51-43-25-24-42-47(48(43)49-44(51)23-22-38-36-15-6-8-19-45(36)53-50(38)49)39-16-5-7-18-41(39)52(42)33-27-31-12-9-17-37-34-13-3-4-14-35(34)40(28-33)46(31)37/h1-28H. The van der Waals surface area contributed by atoms with Gasteiger partial charge in [-0.25, -0.2) is 0 Å². The summed E-state index contributed by atoms with van der Waals surface area (Å²) in [7, 11) is 0. The number of benzene rings is 9. The average Bonchev–Trinajstić information content (AvgIpc) is 3.95. The third-order valence-corrected chi connectivity index (χ3v) is 11.8. The van der Waals surface area contributed by atoms with Crippen LogP contribution in [0, 0.1) is 0 Å². The van der Waals surface area contributed by atoms with Crippen molar-refractivity contribution in [1.29, 1.82) is 0 Å². The molecular weight excluding hydrogens is 645 g/mol. The summed E-state index contributed by atoms with van der Waals surface area (Å²) in [6, 6.07) is 62.2. The van der Waals surface area contributed by atoms with E-state index in [9.17, 15) is 0 Å². The highest BCUT2D eigenvalue weighted by Crippen LogP contribution is 2.50. The van der Waals surface area contributed by atoms with Crippen LogP contribution in [0.1, 0.15) is 0 Å². The van der Waals surface area contributed by atoms with Gasteiger partial charge in [-0.3, -0.25) is 0 Å². The quantitative estimate of drug-likeness (QED) is 0.179.